The quantitative estimate of drug-likeness (QED) is 0.714. The summed E-state index contributed by atoms with van der Waals surface area (Å²) in [6.45, 7) is -0.0580. The molecule has 0 radical (unpaired) electrons. The molecule has 0 saturated heterocycles. The standard InChI is InChI=1S/C21H21N3O3S/c1-26-16-12-13(8-9-15(16)27-11-10-22)19-23-20(25)18-14-6-4-2-3-5-7-17(14)28-21(18)24-19/h8-9,12H,2-7,11H2,1H3,(H,23,24,25). The van der Waals surface area contributed by atoms with Gasteiger partial charge < -0.3 is 14.5 Å². The fourth-order valence-electron chi connectivity index (χ4n) is 3.70. The molecule has 1 aliphatic carbocycles. The number of aromatic nitrogens is 2. The molecule has 0 spiro atoms. The Kier molecular flexibility index (Phi) is 5.31. The van der Waals surface area contributed by atoms with Crippen molar-refractivity contribution in [1.29, 1.82) is 5.26 Å². The minimum absolute atomic E-state index is 0.0580. The van der Waals surface area contributed by atoms with Gasteiger partial charge in [-0.15, -0.1) is 11.3 Å². The van der Waals surface area contributed by atoms with Crippen LogP contribution >= 0.6 is 11.3 Å². The maximum absolute atomic E-state index is 12.9. The Morgan fingerprint density at radius 2 is 2.04 bits per heavy atom. The zero-order chi connectivity index (χ0) is 19.5. The maximum atomic E-state index is 12.9. The van der Waals surface area contributed by atoms with Crippen LogP contribution in [-0.2, 0) is 12.8 Å². The van der Waals surface area contributed by atoms with Crippen LogP contribution in [0.3, 0.4) is 0 Å². The summed E-state index contributed by atoms with van der Waals surface area (Å²) < 4.78 is 10.7. The summed E-state index contributed by atoms with van der Waals surface area (Å²) >= 11 is 1.65. The summed E-state index contributed by atoms with van der Waals surface area (Å²) in [6.07, 6.45) is 6.76. The van der Waals surface area contributed by atoms with Gasteiger partial charge in [0.15, 0.2) is 18.1 Å². The minimum Gasteiger partial charge on any atom is -0.493 e. The molecule has 0 amide bonds. The van der Waals surface area contributed by atoms with Crippen molar-refractivity contribution in [2.24, 2.45) is 0 Å². The van der Waals surface area contributed by atoms with E-state index >= 15 is 0 Å². The zero-order valence-corrected chi connectivity index (χ0v) is 16.5. The lowest BCUT2D eigenvalue weighted by Gasteiger charge is -2.10. The highest BCUT2D eigenvalue weighted by Crippen LogP contribution is 2.35. The molecule has 0 aliphatic heterocycles. The smallest absolute Gasteiger partial charge is 0.260 e. The molecular weight excluding hydrogens is 374 g/mol. The number of benzene rings is 1. The van der Waals surface area contributed by atoms with Crippen molar-refractivity contribution in [3.05, 3.63) is 39.0 Å². The number of ether oxygens (including phenoxy) is 2. The van der Waals surface area contributed by atoms with Gasteiger partial charge in [-0.2, -0.15) is 5.26 Å². The minimum atomic E-state index is -0.0816. The Balaban J connectivity index is 1.78. The van der Waals surface area contributed by atoms with Crippen LogP contribution < -0.4 is 15.0 Å². The van der Waals surface area contributed by atoms with Crippen LogP contribution in [0.2, 0.25) is 0 Å². The van der Waals surface area contributed by atoms with Crippen LogP contribution in [0.15, 0.2) is 23.0 Å². The van der Waals surface area contributed by atoms with Crippen molar-refractivity contribution in [2.45, 2.75) is 38.5 Å². The van der Waals surface area contributed by atoms with Crippen molar-refractivity contribution in [3.8, 4) is 29.0 Å². The molecule has 2 heterocycles. The van der Waals surface area contributed by atoms with Crippen LogP contribution in [-0.4, -0.2) is 23.7 Å². The highest BCUT2D eigenvalue weighted by Gasteiger charge is 2.19. The molecule has 0 bridgehead atoms. The van der Waals surface area contributed by atoms with E-state index in [-0.39, 0.29) is 12.2 Å². The molecule has 6 nitrogen and oxygen atoms in total. The van der Waals surface area contributed by atoms with E-state index in [0.717, 1.165) is 35.0 Å². The zero-order valence-electron chi connectivity index (χ0n) is 15.7. The van der Waals surface area contributed by atoms with E-state index in [1.165, 1.54) is 36.8 Å². The largest absolute Gasteiger partial charge is 0.493 e. The molecule has 4 rings (SSSR count). The molecule has 3 aromatic rings. The van der Waals surface area contributed by atoms with Gasteiger partial charge in [-0.05, 0) is 49.4 Å². The lowest BCUT2D eigenvalue weighted by Crippen LogP contribution is -2.10. The molecule has 0 unspecified atom stereocenters. The van der Waals surface area contributed by atoms with Crippen molar-refractivity contribution >= 4 is 21.6 Å². The Labute approximate surface area is 166 Å². The van der Waals surface area contributed by atoms with Crippen LogP contribution in [0.25, 0.3) is 21.6 Å². The van der Waals surface area contributed by atoms with Gasteiger partial charge in [0.2, 0.25) is 0 Å². The molecule has 28 heavy (non-hydrogen) atoms. The first-order chi connectivity index (χ1) is 13.7. The summed E-state index contributed by atoms with van der Waals surface area (Å²) in [6, 6.07) is 7.24. The van der Waals surface area contributed by atoms with Gasteiger partial charge in [0, 0.05) is 10.4 Å². The molecular formula is C21H21N3O3S. The number of hydrogen-bond donors (Lipinski definition) is 1. The van der Waals surface area contributed by atoms with Crippen LogP contribution in [0.1, 0.15) is 36.1 Å². The number of fused-ring (bicyclic) bond motifs is 3. The van der Waals surface area contributed by atoms with Crippen LogP contribution in [0.5, 0.6) is 11.5 Å². The Bertz CT molecular complexity index is 1110. The van der Waals surface area contributed by atoms with E-state index in [0.29, 0.717) is 17.3 Å². The van der Waals surface area contributed by atoms with E-state index in [4.69, 9.17) is 19.7 Å². The summed E-state index contributed by atoms with van der Waals surface area (Å²) in [4.78, 5) is 22.7. The Morgan fingerprint density at radius 3 is 2.82 bits per heavy atom. The van der Waals surface area contributed by atoms with Crippen LogP contribution in [0.4, 0.5) is 0 Å². The van der Waals surface area contributed by atoms with E-state index in [2.05, 4.69) is 4.98 Å². The molecule has 2 aromatic heterocycles. The van der Waals surface area contributed by atoms with Gasteiger partial charge in [0.1, 0.15) is 16.7 Å². The number of methoxy groups -OCH3 is 1. The highest BCUT2D eigenvalue weighted by atomic mass is 32.1. The Morgan fingerprint density at radius 1 is 1.21 bits per heavy atom. The third-order valence-electron chi connectivity index (χ3n) is 5.05. The fourth-order valence-corrected chi connectivity index (χ4v) is 4.96. The SMILES string of the molecule is COc1cc(-c2nc3sc4c(c3c(=O)[nH]2)CCCCCC4)ccc1OCC#N. The Hall–Kier alpha value is -2.85. The van der Waals surface area contributed by atoms with Crippen LogP contribution in [0, 0.1) is 11.3 Å². The normalized spacial score (nSPS) is 14.0. The van der Waals surface area contributed by atoms with Gasteiger partial charge in [-0.1, -0.05) is 12.8 Å². The van der Waals surface area contributed by atoms with Gasteiger partial charge in [-0.3, -0.25) is 4.79 Å². The van der Waals surface area contributed by atoms with E-state index in [1.807, 2.05) is 12.1 Å². The molecule has 7 heteroatoms. The number of aryl methyl sites for hydroxylation is 2. The predicted molar refractivity (Wildman–Crippen MR) is 109 cm³/mol. The molecule has 0 saturated carbocycles. The second kappa shape index (κ2) is 8.03. The summed E-state index contributed by atoms with van der Waals surface area (Å²) in [5, 5.41) is 9.45. The molecule has 0 fully saturated rings. The third kappa shape index (κ3) is 3.48. The number of nitriles is 1. The van der Waals surface area contributed by atoms with E-state index in [9.17, 15) is 4.79 Å². The topological polar surface area (TPSA) is 88.0 Å². The molecule has 144 valence electrons. The number of aromatic amines is 1. The first kappa shape index (κ1) is 18.5. The second-order valence-electron chi connectivity index (χ2n) is 6.83. The summed E-state index contributed by atoms with van der Waals surface area (Å²) in [5.41, 5.74) is 1.85. The number of nitrogens with zero attached hydrogens (tertiary/aromatic N) is 2. The molecule has 1 aliphatic rings. The monoisotopic (exact) mass is 395 g/mol. The second-order valence-corrected chi connectivity index (χ2v) is 7.91. The van der Waals surface area contributed by atoms with E-state index in [1.54, 1.807) is 23.5 Å². The lowest BCUT2D eigenvalue weighted by molar-refractivity contribution is 0.330. The lowest BCUT2D eigenvalue weighted by atomic mass is 9.98. The number of H-pyrrole nitrogens is 1. The van der Waals surface area contributed by atoms with Crippen molar-refractivity contribution < 1.29 is 9.47 Å². The first-order valence-electron chi connectivity index (χ1n) is 9.44. The van der Waals surface area contributed by atoms with Gasteiger partial charge in [0.25, 0.3) is 5.56 Å². The average molecular weight is 395 g/mol. The highest BCUT2D eigenvalue weighted by molar-refractivity contribution is 7.18. The predicted octanol–water partition coefficient (Wildman–Crippen LogP) is 4.22. The van der Waals surface area contributed by atoms with E-state index < -0.39 is 0 Å². The van der Waals surface area contributed by atoms with Crippen molar-refractivity contribution in [3.63, 3.8) is 0 Å². The number of thiophene rings is 1. The maximum Gasteiger partial charge on any atom is 0.260 e. The van der Waals surface area contributed by atoms with Gasteiger partial charge >= 0.3 is 0 Å². The average Bonchev–Trinajstić information content (AvgIpc) is 3.03. The van der Waals surface area contributed by atoms with Gasteiger partial charge in [-0.25, -0.2) is 4.98 Å². The van der Waals surface area contributed by atoms with Crippen molar-refractivity contribution in [2.75, 3.05) is 13.7 Å². The number of hydrogen-bond acceptors (Lipinski definition) is 6. The summed E-state index contributed by atoms with van der Waals surface area (Å²) in [7, 11) is 1.54. The molecule has 0 atom stereocenters. The molecule has 1 N–H and O–H groups in total. The number of rotatable bonds is 4. The van der Waals surface area contributed by atoms with Crippen molar-refractivity contribution in [1.82, 2.24) is 9.97 Å². The first-order valence-corrected chi connectivity index (χ1v) is 10.3. The van der Waals surface area contributed by atoms with Gasteiger partial charge in [0.05, 0.1) is 12.5 Å². The molecule has 1 aromatic carbocycles. The third-order valence-corrected chi connectivity index (χ3v) is 6.24. The number of nitrogens with one attached hydrogen (secondary N) is 1. The fraction of sp³-hybridized carbons (Fsp3) is 0.381. The summed E-state index contributed by atoms with van der Waals surface area (Å²) in [5.74, 6) is 1.49.